The number of aromatic hydroxyl groups is 1. The van der Waals surface area contributed by atoms with Gasteiger partial charge in [0, 0.05) is 50.9 Å². The summed E-state index contributed by atoms with van der Waals surface area (Å²) in [5, 5.41) is 46.9. The Hall–Kier alpha value is -4.95. The Morgan fingerprint density at radius 1 is 0.962 bits per heavy atom. The van der Waals surface area contributed by atoms with Gasteiger partial charge in [-0.05, 0) is 76.3 Å². The van der Waals surface area contributed by atoms with Crippen LogP contribution in [0.2, 0.25) is 0 Å². The highest BCUT2D eigenvalue weighted by Crippen LogP contribution is 2.55. The largest absolute Gasteiger partial charge is 0.508 e. The zero-order valence-electron chi connectivity index (χ0n) is 30.4. The van der Waals surface area contributed by atoms with Crippen LogP contribution < -0.4 is 10.6 Å². The Balaban J connectivity index is 1.42. The molecule has 0 unspecified atom stereocenters. The van der Waals surface area contributed by atoms with E-state index in [1.807, 2.05) is 57.4 Å². The molecule has 13 heteroatoms. The maximum atomic E-state index is 14.3. The summed E-state index contributed by atoms with van der Waals surface area (Å²) in [6.45, 7) is 2.83. The second kappa shape index (κ2) is 13.9. The molecule has 52 heavy (non-hydrogen) atoms. The number of hydrogen-bond acceptors (Lipinski definition) is 12. The topological polar surface area (TPSA) is 184 Å². The van der Waals surface area contributed by atoms with E-state index in [9.17, 15) is 34.8 Å². The SMILES string of the molecule is CN(C)CCN(Cc1ccccc1)Cc1ccc(-c2cc(N(C)C)c3c(c2O)C(O)=C2C(=O)[C@@]4(O)C(O)=C(C(N)=O)C(=O)[C@@H](N(C)C)[C@@H]4C[C@@H]2C3)o1. The smallest absolute Gasteiger partial charge is 0.255 e. The fourth-order valence-electron chi connectivity index (χ4n) is 8.10. The predicted octanol–water partition coefficient (Wildman–Crippen LogP) is 2.85. The molecule has 6 N–H and O–H groups in total. The lowest BCUT2D eigenvalue weighted by Crippen LogP contribution is -2.65. The Morgan fingerprint density at radius 3 is 2.27 bits per heavy atom. The van der Waals surface area contributed by atoms with Crippen LogP contribution in [0, 0.1) is 11.8 Å². The molecule has 3 aromatic rings. The highest BCUT2D eigenvalue weighted by atomic mass is 16.4. The number of nitrogens with two attached hydrogens (primary N) is 1. The van der Waals surface area contributed by atoms with Crippen molar-refractivity contribution in [1.29, 1.82) is 0 Å². The maximum absolute atomic E-state index is 14.3. The lowest BCUT2D eigenvalue weighted by Gasteiger charge is -2.50. The van der Waals surface area contributed by atoms with Crippen LogP contribution in [0.5, 0.6) is 5.75 Å². The third kappa shape index (κ3) is 6.17. The van der Waals surface area contributed by atoms with Crippen molar-refractivity contribution >= 4 is 28.9 Å². The quantitative estimate of drug-likeness (QED) is 0.184. The highest BCUT2D eigenvalue weighted by Gasteiger charge is 2.64. The van der Waals surface area contributed by atoms with Crippen LogP contribution in [-0.2, 0) is 33.9 Å². The molecule has 1 saturated carbocycles. The molecule has 1 fully saturated rings. The molecule has 1 heterocycles. The number of benzene rings is 2. The van der Waals surface area contributed by atoms with E-state index in [2.05, 4.69) is 21.9 Å². The van der Waals surface area contributed by atoms with E-state index in [-0.39, 0.29) is 35.3 Å². The standard InChI is InChI=1S/C39H47N5O8/c1-41(2)14-15-44(19-21-10-8-7-9-11-21)20-23-12-13-28(52-23)25-18-27(42(3)4)24-16-22-17-26-32(43(5)6)35(47)31(38(40)50)37(49)39(26,51)36(48)29(22)34(46)30(24)33(25)45/h7-13,18,22,26,32,45-46,49,51H,14-17,19-20H2,1-6H3,(H2,40,50)/t22-,26-,32-,39+/m0/s1. The van der Waals surface area contributed by atoms with Crippen molar-refractivity contribution < 1.29 is 39.2 Å². The van der Waals surface area contributed by atoms with Gasteiger partial charge in [-0.2, -0.15) is 0 Å². The highest BCUT2D eigenvalue weighted by molar-refractivity contribution is 6.24. The lowest BCUT2D eigenvalue weighted by molar-refractivity contribution is -0.153. The van der Waals surface area contributed by atoms with Crippen molar-refractivity contribution in [2.24, 2.45) is 17.6 Å². The minimum atomic E-state index is -2.71. The molecule has 1 aromatic heterocycles. The number of Topliss-reactive ketones (excluding diaryl/α,β-unsaturated/α-hetero) is 2. The predicted molar refractivity (Wildman–Crippen MR) is 195 cm³/mol. The normalized spacial score (nSPS) is 23.0. The first-order valence-corrected chi connectivity index (χ1v) is 17.3. The number of nitrogens with zero attached hydrogens (tertiary/aromatic N) is 4. The van der Waals surface area contributed by atoms with E-state index in [1.165, 1.54) is 4.90 Å². The number of phenolic OH excluding ortho intramolecular Hbond substituents is 1. The van der Waals surface area contributed by atoms with Crippen LogP contribution in [-0.4, -0.2) is 120 Å². The molecule has 6 rings (SSSR count). The number of carbonyl (C=O) groups is 3. The maximum Gasteiger partial charge on any atom is 0.255 e. The molecule has 2 aromatic carbocycles. The summed E-state index contributed by atoms with van der Waals surface area (Å²) in [5.74, 6) is -5.92. The molecule has 0 saturated heterocycles. The molecule has 0 radical (unpaired) electrons. The number of aliphatic hydroxyl groups excluding tert-OH is 2. The zero-order chi connectivity index (χ0) is 37.8. The van der Waals surface area contributed by atoms with Gasteiger partial charge in [0.15, 0.2) is 11.4 Å². The van der Waals surface area contributed by atoms with Crippen LogP contribution in [0.4, 0.5) is 5.69 Å². The monoisotopic (exact) mass is 713 g/mol. The molecule has 3 aliphatic rings. The molecule has 13 nitrogen and oxygen atoms in total. The summed E-state index contributed by atoms with van der Waals surface area (Å²) >= 11 is 0. The minimum absolute atomic E-state index is 0.00660. The van der Waals surface area contributed by atoms with Crippen molar-refractivity contribution in [3.8, 4) is 17.1 Å². The average Bonchev–Trinajstić information content (AvgIpc) is 3.53. The van der Waals surface area contributed by atoms with Crippen molar-refractivity contribution in [2.75, 3.05) is 60.3 Å². The summed E-state index contributed by atoms with van der Waals surface area (Å²) in [6.07, 6.45) is 0.190. The molecule has 1 amide bonds. The fourth-order valence-corrected chi connectivity index (χ4v) is 8.10. The molecule has 0 aliphatic heterocycles. The van der Waals surface area contributed by atoms with Gasteiger partial charge in [0.1, 0.15) is 34.4 Å². The van der Waals surface area contributed by atoms with E-state index in [1.54, 1.807) is 26.2 Å². The number of likely N-dealkylation sites (N-methyl/N-ethyl adjacent to an activating group) is 2. The number of fused-ring (bicyclic) bond motifs is 3. The van der Waals surface area contributed by atoms with Gasteiger partial charge in [-0.15, -0.1) is 0 Å². The van der Waals surface area contributed by atoms with E-state index in [0.717, 1.165) is 18.7 Å². The van der Waals surface area contributed by atoms with Crippen molar-refractivity contribution in [3.63, 3.8) is 0 Å². The molecule has 0 bridgehead atoms. The van der Waals surface area contributed by atoms with Crippen LogP contribution >= 0.6 is 0 Å². The lowest BCUT2D eigenvalue weighted by atomic mass is 9.57. The Bertz CT molecular complexity index is 1980. The zero-order valence-corrected chi connectivity index (χ0v) is 30.4. The van der Waals surface area contributed by atoms with Gasteiger partial charge in [0.2, 0.25) is 5.78 Å². The number of amides is 1. The first-order chi connectivity index (χ1) is 24.6. The van der Waals surface area contributed by atoms with Crippen molar-refractivity contribution in [1.82, 2.24) is 14.7 Å². The number of hydrogen-bond donors (Lipinski definition) is 5. The third-order valence-corrected chi connectivity index (χ3v) is 10.6. The van der Waals surface area contributed by atoms with E-state index in [4.69, 9.17) is 10.2 Å². The molecule has 4 atom stereocenters. The molecular weight excluding hydrogens is 666 g/mol. The van der Waals surface area contributed by atoms with Crippen LogP contribution in [0.1, 0.15) is 28.9 Å². The summed E-state index contributed by atoms with van der Waals surface area (Å²) in [4.78, 5) is 47.8. The summed E-state index contributed by atoms with van der Waals surface area (Å²) in [7, 11) is 10.8. The molecule has 3 aliphatic carbocycles. The Kier molecular flexibility index (Phi) is 9.83. The van der Waals surface area contributed by atoms with Crippen molar-refractivity contribution in [2.45, 2.75) is 37.6 Å². The number of aliphatic hydroxyl groups is 3. The average molecular weight is 714 g/mol. The summed E-state index contributed by atoms with van der Waals surface area (Å²) in [5.41, 5.74) is 4.38. The van der Waals surface area contributed by atoms with Gasteiger partial charge in [-0.25, -0.2) is 0 Å². The molecular formula is C39H47N5O8. The van der Waals surface area contributed by atoms with E-state index < -0.39 is 58.0 Å². The number of carbonyl (C=O) groups excluding carboxylic acids is 3. The third-order valence-electron chi connectivity index (χ3n) is 10.6. The minimum Gasteiger partial charge on any atom is -0.508 e. The molecule has 276 valence electrons. The Morgan fingerprint density at radius 2 is 1.65 bits per heavy atom. The Labute approximate surface area is 302 Å². The van der Waals surface area contributed by atoms with Crippen LogP contribution in [0.25, 0.3) is 17.1 Å². The first-order valence-electron chi connectivity index (χ1n) is 17.3. The summed E-state index contributed by atoms with van der Waals surface area (Å²) < 4.78 is 6.34. The number of ketones is 2. The number of anilines is 1. The second-order valence-corrected chi connectivity index (χ2v) is 14.8. The van der Waals surface area contributed by atoms with Crippen LogP contribution in [0.15, 0.2) is 69.9 Å². The van der Waals surface area contributed by atoms with Gasteiger partial charge in [0.25, 0.3) is 5.91 Å². The van der Waals surface area contributed by atoms with Gasteiger partial charge in [0.05, 0.1) is 23.7 Å². The second-order valence-electron chi connectivity index (χ2n) is 14.8. The van der Waals surface area contributed by atoms with Gasteiger partial charge >= 0.3 is 0 Å². The number of phenols is 1. The van der Waals surface area contributed by atoms with E-state index >= 15 is 0 Å². The van der Waals surface area contributed by atoms with Gasteiger partial charge < -0.3 is 40.4 Å². The molecule has 0 spiro atoms. The fraction of sp³-hybridized carbons (Fsp3) is 0.410. The van der Waals surface area contributed by atoms with Crippen LogP contribution in [0.3, 0.4) is 0 Å². The van der Waals surface area contributed by atoms with E-state index in [0.29, 0.717) is 35.9 Å². The van der Waals surface area contributed by atoms with Crippen molar-refractivity contribution in [3.05, 3.63) is 87.9 Å². The van der Waals surface area contributed by atoms with Gasteiger partial charge in [-0.3, -0.25) is 24.2 Å². The first kappa shape index (κ1) is 36.8. The van der Waals surface area contributed by atoms with Gasteiger partial charge in [-0.1, -0.05) is 30.3 Å². The number of rotatable bonds is 11. The summed E-state index contributed by atoms with van der Waals surface area (Å²) in [6, 6.07) is 14.4. The number of furan rings is 1. The number of primary amides is 1.